The zero-order valence-electron chi connectivity index (χ0n) is 8.41. The summed E-state index contributed by atoms with van der Waals surface area (Å²) in [5, 5.41) is 9.36. The molecule has 0 spiro atoms. The van der Waals surface area contributed by atoms with E-state index in [0.29, 0.717) is 0 Å². The largest absolute Gasteiger partial charge is 0.391 e. The Kier molecular flexibility index (Phi) is 3.07. The second kappa shape index (κ2) is 3.90. The lowest BCUT2D eigenvalue weighted by atomic mass is 9.97. The lowest BCUT2D eigenvalue weighted by molar-refractivity contribution is 0.164. The summed E-state index contributed by atoms with van der Waals surface area (Å²) in [6.07, 6.45) is -0.500. The topological polar surface area (TPSA) is 46.2 Å². The van der Waals surface area contributed by atoms with Crippen molar-refractivity contribution < 1.29 is 5.11 Å². The van der Waals surface area contributed by atoms with Gasteiger partial charge >= 0.3 is 0 Å². The molecule has 0 radical (unpaired) electrons. The van der Waals surface area contributed by atoms with Crippen LogP contribution in [0, 0.1) is 13.8 Å². The van der Waals surface area contributed by atoms with E-state index in [9.17, 15) is 5.11 Å². The molecule has 0 unspecified atom stereocenters. The Hall–Kier alpha value is -0.860. The predicted octanol–water partition coefficient (Wildman–Crippen LogP) is 1.68. The molecular formula is C11H17NO. The summed E-state index contributed by atoms with van der Waals surface area (Å²) in [6.45, 7) is 5.75. The van der Waals surface area contributed by atoms with Crippen LogP contribution >= 0.6 is 0 Å². The van der Waals surface area contributed by atoms with Gasteiger partial charge in [-0.3, -0.25) is 0 Å². The minimum absolute atomic E-state index is 0.278. The maximum atomic E-state index is 9.36. The molecule has 13 heavy (non-hydrogen) atoms. The molecule has 0 fully saturated rings. The van der Waals surface area contributed by atoms with Crippen LogP contribution in [-0.2, 0) is 0 Å². The quantitative estimate of drug-likeness (QED) is 0.725. The Morgan fingerprint density at radius 2 is 1.92 bits per heavy atom. The molecule has 1 aromatic carbocycles. The SMILES string of the molecule is Cc1ccc(C)c([C@H](N)[C@@H](C)O)c1. The van der Waals surface area contributed by atoms with Crippen molar-refractivity contribution in [1.82, 2.24) is 0 Å². The standard InChI is InChI=1S/C11H17NO/c1-7-4-5-8(2)10(6-7)11(12)9(3)13/h4-6,9,11,13H,12H2,1-3H3/t9-,11-/m1/s1. The molecule has 0 saturated carbocycles. The average molecular weight is 179 g/mol. The van der Waals surface area contributed by atoms with Crippen molar-refractivity contribution in [2.45, 2.75) is 32.9 Å². The van der Waals surface area contributed by atoms with Crippen LogP contribution in [0.4, 0.5) is 0 Å². The van der Waals surface area contributed by atoms with Gasteiger partial charge in [0.15, 0.2) is 0 Å². The van der Waals surface area contributed by atoms with Crippen LogP contribution < -0.4 is 5.73 Å². The molecule has 0 saturated heterocycles. The highest BCUT2D eigenvalue weighted by Crippen LogP contribution is 2.19. The number of benzene rings is 1. The first-order chi connectivity index (χ1) is 6.02. The van der Waals surface area contributed by atoms with Crippen molar-refractivity contribution in [1.29, 1.82) is 0 Å². The molecule has 1 aromatic rings. The number of nitrogens with two attached hydrogens (primary N) is 1. The minimum Gasteiger partial charge on any atom is -0.391 e. The minimum atomic E-state index is -0.500. The monoisotopic (exact) mass is 179 g/mol. The van der Waals surface area contributed by atoms with E-state index in [4.69, 9.17) is 5.73 Å². The maximum Gasteiger partial charge on any atom is 0.0704 e. The van der Waals surface area contributed by atoms with E-state index < -0.39 is 6.10 Å². The molecule has 3 N–H and O–H groups in total. The van der Waals surface area contributed by atoms with Gasteiger partial charge in [0.2, 0.25) is 0 Å². The number of aliphatic hydroxyl groups excluding tert-OH is 1. The molecule has 2 heteroatoms. The normalized spacial score (nSPS) is 15.5. The molecule has 0 aliphatic heterocycles. The van der Waals surface area contributed by atoms with Gasteiger partial charge in [0.25, 0.3) is 0 Å². The lowest BCUT2D eigenvalue weighted by Crippen LogP contribution is -2.24. The van der Waals surface area contributed by atoms with Crippen molar-refractivity contribution in [3.8, 4) is 0 Å². The predicted molar refractivity (Wildman–Crippen MR) is 54.5 cm³/mol. The first-order valence-corrected chi connectivity index (χ1v) is 4.53. The summed E-state index contributed by atoms with van der Waals surface area (Å²) in [6, 6.07) is 5.84. The molecule has 2 nitrogen and oxygen atoms in total. The highest BCUT2D eigenvalue weighted by molar-refractivity contribution is 5.33. The van der Waals surface area contributed by atoms with Crippen molar-refractivity contribution in [2.24, 2.45) is 5.73 Å². The summed E-state index contributed by atoms with van der Waals surface area (Å²) >= 11 is 0. The Morgan fingerprint density at radius 3 is 2.46 bits per heavy atom. The molecule has 0 amide bonds. The van der Waals surface area contributed by atoms with Gasteiger partial charge < -0.3 is 10.8 Å². The number of aliphatic hydroxyl groups is 1. The van der Waals surface area contributed by atoms with Crippen molar-refractivity contribution >= 4 is 0 Å². The van der Waals surface area contributed by atoms with Crippen LogP contribution in [0.15, 0.2) is 18.2 Å². The van der Waals surface area contributed by atoms with Crippen LogP contribution in [-0.4, -0.2) is 11.2 Å². The van der Waals surface area contributed by atoms with E-state index in [2.05, 4.69) is 0 Å². The molecule has 0 bridgehead atoms. The Balaban J connectivity index is 3.05. The Labute approximate surface area is 79.4 Å². The highest BCUT2D eigenvalue weighted by atomic mass is 16.3. The molecule has 0 aromatic heterocycles. The van der Waals surface area contributed by atoms with Crippen LogP contribution in [0.3, 0.4) is 0 Å². The lowest BCUT2D eigenvalue weighted by Gasteiger charge is -2.17. The van der Waals surface area contributed by atoms with Crippen molar-refractivity contribution in [3.63, 3.8) is 0 Å². The van der Waals surface area contributed by atoms with Gasteiger partial charge in [0, 0.05) is 0 Å². The van der Waals surface area contributed by atoms with E-state index in [-0.39, 0.29) is 6.04 Å². The highest BCUT2D eigenvalue weighted by Gasteiger charge is 2.13. The van der Waals surface area contributed by atoms with E-state index >= 15 is 0 Å². The van der Waals surface area contributed by atoms with E-state index in [1.807, 2.05) is 32.0 Å². The zero-order valence-corrected chi connectivity index (χ0v) is 8.41. The van der Waals surface area contributed by atoms with Gasteiger partial charge in [-0.2, -0.15) is 0 Å². The number of hydrogen-bond acceptors (Lipinski definition) is 2. The van der Waals surface area contributed by atoms with E-state index in [0.717, 1.165) is 11.1 Å². The molecular weight excluding hydrogens is 162 g/mol. The second-order valence-corrected chi connectivity index (χ2v) is 3.63. The molecule has 72 valence electrons. The third-order valence-electron chi connectivity index (χ3n) is 2.31. The Bertz CT molecular complexity index is 294. The Morgan fingerprint density at radius 1 is 1.31 bits per heavy atom. The van der Waals surface area contributed by atoms with Crippen molar-refractivity contribution in [2.75, 3.05) is 0 Å². The maximum absolute atomic E-state index is 9.36. The number of aryl methyl sites for hydroxylation is 2. The fourth-order valence-electron chi connectivity index (χ4n) is 1.38. The first-order valence-electron chi connectivity index (χ1n) is 4.53. The number of rotatable bonds is 2. The van der Waals surface area contributed by atoms with Crippen LogP contribution in [0.2, 0.25) is 0 Å². The zero-order chi connectivity index (χ0) is 10.0. The number of hydrogen-bond donors (Lipinski definition) is 2. The summed E-state index contributed by atoms with van der Waals surface area (Å²) < 4.78 is 0. The van der Waals surface area contributed by atoms with Gasteiger partial charge in [-0.1, -0.05) is 23.8 Å². The summed E-state index contributed by atoms with van der Waals surface area (Å²) in [5.41, 5.74) is 9.21. The van der Waals surface area contributed by atoms with E-state index in [1.165, 1.54) is 5.56 Å². The summed E-state index contributed by atoms with van der Waals surface area (Å²) in [7, 11) is 0. The van der Waals surface area contributed by atoms with Gasteiger partial charge in [-0.25, -0.2) is 0 Å². The fraction of sp³-hybridized carbons (Fsp3) is 0.455. The third-order valence-corrected chi connectivity index (χ3v) is 2.31. The summed E-state index contributed by atoms with van der Waals surface area (Å²) in [5.74, 6) is 0. The van der Waals surface area contributed by atoms with Crippen molar-refractivity contribution in [3.05, 3.63) is 34.9 Å². The van der Waals surface area contributed by atoms with Crippen LogP contribution in [0.5, 0.6) is 0 Å². The molecule has 0 aliphatic rings. The molecule has 2 atom stereocenters. The molecule has 0 aliphatic carbocycles. The van der Waals surface area contributed by atoms with Gasteiger partial charge in [0.1, 0.15) is 0 Å². The van der Waals surface area contributed by atoms with Gasteiger partial charge in [-0.05, 0) is 31.9 Å². The molecule has 1 rings (SSSR count). The van der Waals surface area contributed by atoms with Gasteiger partial charge in [0.05, 0.1) is 12.1 Å². The molecule has 0 heterocycles. The van der Waals surface area contributed by atoms with Gasteiger partial charge in [-0.15, -0.1) is 0 Å². The van der Waals surface area contributed by atoms with Crippen LogP contribution in [0.25, 0.3) is 0 Å². The first kappa shape index (κ1) is 10.2. The fourth-order valence-corrected chi connectivity index (χ4v) is 1.38. The van der Waals surface area contributed by atoms with E-state index in [1.54, 1.807) is 6.92 Å². The third kappa shape index (κ3) is 2.29. The average Bonchev–Trinajstić information content (AvgIpc) is 2.08. The smallest absolute Gasteiger partial charge is 0.0704 e. The summed E-state index contributed by atoms with van der Waals surface area (Å²) in [4.78, 5) is 0. The second-order valence-electron chi connectivity index (χ2n) is 3.63. The van der Waals surface area contributed by atoms with Crippen LogP contribution in [0.1, 0.15) is 29.7 Å².